The van der Waals surface area contributed by atoms with Crippen LogP contribution in [-0.4, -0.2) is 44.5 Å². The number of aliphatic hydroxyl groups excluding tert-OH is 1. The average Bonchev–Trinajstić information content (AvgIpc) is 2.67. The highest BCUT2D eigenvalue weighted by Gasteiger charge is 2.25. The summed E-state index contributed by atoms with van der Waals surface area (Å²) in [7, 11) is 1.51. The Hall–Kier alpha value is -1.36. The number of rotatable bonds is 11. The quantitative estimate of drug-likeness (QED) is 0.238. The largest absolute Gasteiger partial charge is 0.497 e. The van der Waals surface area contributed by atoms with Crippen LogP contribution in [0.2, 0.25) is 0 Å². The smallest absolute Gasteiger partial charge is 0.387 e. The number of halogens is 3. The van der Waals surface area contributed by atoms with Crippen molar-refractivity contribution in [3.63, 3.8) is 0 Å². The Kier molecular flexibility index (Phi) is 13.1. The van der Waals surface area contributed by atoms with Gasteiger partial charge in [0.05, 0.1) is 20.3 Å². The lowest BCUT2D eigenvalue weighted by Crippen LogP contribution is -2.44. The third-order valence-corrected chi connectivity index (χ3v) is 4.70. The van der Waals surface area contributed by atoms with Crippen LogP contribution in [0.1, 0.15) is 39.2 Å². The minimum Gasteiger partial charge on any atom is -0.497 e. The first-order chi connectivity index (χ1) is 12.9. The number of hydrogen-bond acceptors (Lipinski definition) is 4. The van der Waals surface area contributed by atoms with Crippen LogP contribution in [0.4, 0.5) is 8.78 Å². The van der Waals surface area contributed by atoms with Gasteiger partial charge in [-0.3, -0.25) is 0 Å². The highest BCUT2D eigenvalue weighted by Crippen LogP contribution is 2.27. The molecule has 0 heterocycles. The molecule has 0 aliphatic heterocycles. The van der Waals surface area contributed by atoms with E-state index in [0.29, 0.717) is 30.4 Å². The van der Waals surface area contributed by atoms with E-state index in [0.717, 1.165) is 12.8 Å². The normalized spacial score (nSPS) is 11.8. The molecule has 0 radical (unpaired) electrons. The van der Waals surface area contributed by atoms with Gasteiger partial charge in [-0.1, -0.05) is 13.8 Å². The molecule has 3 N–H and O–H groups in total. The number of hydrogen-bond donors (Lipinski definition) is 3. The maximum atomic E-state index is 12.6. The van der Waals surface area contributed by atoms with Crippen LogP contribution in [0.15, 0.2) is 23.2 Å². The number of aliphatic hydroxyl groups is 1. The van der Waals surface area contributed by atoms with Crippen LogP contribution in [0.3, 0.4) is 0 Å². The average molecular weight is 515 g/mol. The van der Waals surface area contributed by atoms with Gasteiger partial charge in [0.15, 0.2) is 5.96 Å². The summed E-state index contributed by atoms with van der Waals surface area (Å²) in [5, 5.41) is 16.1. The Morgan fingerprint density at radius 3 is 2.39 bits per heavy atom. The predicted molar refractivity (Wildman–Crippen MR) is 118 cm³/mol. The Morgan fingerprint density at radius 1 is 1.21 bits per heavy atom. The second kappa shape index (κ2) is 13.8. The lowest BCUT2D eigenvalue weighted by Gasteiger charge is -2.30. The summed E-state index contributed by atoms with van der Waals surface area (Å²) in [6.07, 6.45) is 1.66. The van der Waals surface area contributed by atoms with Crippen molar-refractivity contribution in [2.45, 2.75) is 46.8 Å². The molecule has 0 bridgehead atoms. The number of guanidine groups is 1. The molecule has 0 saturated heterocycles. The number of ether oxygens (including phenoxy) is 2. The summed E-state index contributed by atoms with van der Waals surface area (Å²) < 4.78 is 35.0. The standard InChI is InChI=1S/C19H31F2N3O3.HI/c1-5-19(6-2,13-25)12-24-18(22-7-3)23-11-14-10-15(26-4)8-9-16(14)27-17(20)21;/h8-10,17,25H,5-7,11-13H2,1-4H3,(H2,22,23,24);1H. The fraction of sp³-hybridized carbons (Fsp3) is 0.632. The van der Waals surface area contributed by atoms with E-state index in [4.69, 9.17) is 4.74 Å². The molecule has 1 aromatic rings. The van der Waals surface area contributed by atoms with Crippen molar-refractivity contribution < 1.29 is 23.4 Å². The van der Waals surface area contributed by atoms with Gasteiger partial charge in [-0.2, -0.15) is 8.78 Å². The molecule has 1 rings (SSSR count). The fourth-order valence-corrected chi connectivity index (χ4v) is 2.57. The third kappa shape index (κ3) is 8.34. The van der Waals surface area contributed by atoms with E-state index < -0.39 is 6.61 Å². The topological polar surface area (TPSA) is 75.1 Å². The maximum absolute atomic E-state index is 12.6. The van der Waals surface area contributed by atoms with Crippen LogP contribution in [-0.2, 0) is 6.54 Å². The molecule has 0 aliphatic carbocycles. The Morgan fingerprint density at radius 2 is 1.89 bits per heavy atom. The van der Waals surface area contributed by atoms with E-state index in [1.807, 2.05) is 20.8 Å². The summed E-state index contributed by atoms with van der Waals surface area (Å²) in [5.41, 5.74) is 0.266. The van der Waals surface area contributed by atoms with Gasteiger partial charge in [-0.15, -0.1) is 24.0 Å². The van der Waals surface area contributed by atoms with E-state index >= 15 is 0 Å². The van der Waals surface area contributed by atoms with Gasteiger partial charge in [0.1, 0.15) is 11.5 Å². The number of benzene rings is 1. The van der Waals surface area contributed by atoms with E-state index in [2.05, 4.69) is 20.4 Å². The summed E-state index contributed by atoms with van der Waals surface area (Å²) in [4.78, 5) is 4.47. The molecular weight excluding hydrogens is 483 g/mol. The van der Waals surface area contributed by atoms with Gasteiger partial charge >= 0.3 is 6.61 Å². The summed E-state index contributed by atoms with van der Waals surface area (Å²) in [6.45, 7) is 4.52. The van der Waals surface area contributed by atoms with E-state index in [-0.39, 0.29) is 48.3 Å². The Bertz CT molecular complexity index is 592. The van der Waals surface area contributed by atoms with Gasteiger partial charge in [-0.25, -0.2) is 4.99 Å². The molecule has 0 fully saturated rings. The lowest BCUT2D eigenvalue weighted by atomic mass is 9.83. The molecule has 0 aliphatic rings. The highest BCUT2D eigenvalue weighted by molar-refractivity contribution is 14.0. The molecule has 1 aromatic carbocycles. The van der Waals surface area contributed by atoms with E-state index in [1.165, 1.54) is 13.2 Å². The first-order valence-corrected chi connectivity index (χ1v) is 9.18. The van der Waals surface area contributed by atoms with Crippen LogP contribution in [0, 0.1) is 5.41 Å². The zero-order valence-electron chi connectivity index (χ0n) is 16.9. The van der Waals surface area contributed by atoms with Crippen molar-refractivity contribution in [2.24, 2.45) is 10.4 Å². The number of nitrogens with zero attached hydrogens (tertiary/aromatic N) is 1. The minimum absolute atomic E-state index is 0. The summed E-state index contributed by atoms with van der Waals surface area (Å²) in [5.74, 6) is 1.15. The number of methoxy groups -OCH3 is 1. The van der Waals surface area contributed by atoms with Gasteiger partial charge in [0, 0.05) is 24.1 Å². The summed E-state index contributed by atoms with van der Waals surface area (Å²) in [6, 6.07) is 4.63. The van der Waals surface area contributed by atoms with Crippen LogP contribution >= 0.6 is 24.0 Å². The highest BCUT2D eigenvalue weighted by atomic mass is 127. The molecule has 0 amide bonds. The monoisotopic (exact) mass is 515 g/mol. The first-order valence-electron chi connectivity index (χ1n) is 9.18. The number of aliphatic imine (C=N–C) groups is 1. The lowest BCUT2D eigenvalue weighted by molar-refractivity contribution is -0.0504. The van der Waals surface area contributed by atoms with Gasteiger partial charge in [0.25, 0.3) is 0 Å². The molecule has 0 unspecified atom stereocenters. The van der Waals surface area contributed by atoms with Crippen LogP contribution in [0.5, 0.6) is 11.5 Å². The molecule has 0 saturated carbocycles. The van der Waals surface area contributed by atoms with Crippen molar-refractivity contribution in [3.8, 4) is 11.5 Å². The van der Waals surface area contributed by atoms with E-state index in [1.54, 1.807) is 12.1 Å². The zero-order valence-corrected chi connectivity index (χ0v) is 19.3. The van der Waals surface area contributed by atoms with Crippen LogP contribution in [0.25, 0.3) is 0 Å². The van der Waals surface area contributed by atoms with Gasteiger partial charge in [0.2, 0.25) is 0 Å². The van der Waals surface area contributed by atoms with Crippen molar-refractivity contribution in [2.75, 3.05) is 26.8 Å². The molecule has 0 spiro atoms. The molecule has 6 nitrogen and oxygen atoms in total. The SMILES string of the molecule is CCNC(=NCc1cc(OC)ccc1OC(F)F)NCC(CC)(CC)CO.I. The molecule has 162 valence electrons. The number of alkyl halides is 2. The van der Waals surface area contributed by atoms with Crippen molar-refractivity contribution in [1.82, 2.24) is 10.6 Å². The van der Waals surface area contributed by atoms with Crippen molar-refractivity contribution in [1.29, 1.82) is 0 Å². The second-order valence-corrected chi connectivity index (χ2v) is 6.27. The van der Waals surface area contributed by atoms with Crippen molar-refractivity contribution >= 4 is 29.9 Å². The van der Waals surface area contributed by atoms with Crippen LogP contribution < -0.4 is 20.1 Å². The van der Waals surface area contributed by atoms with Gasteiger partial charge < -0.3 is 25.2 Å². The van der Waals surface area contributed by atoms with Crippen molar-refractivity contribution in [3.05, 3.63) is 23.8 Å². The minimum atomic E-state index is -2.91. The Balaban J connectivity index is 0.00000729. The molecule has 28 heavy (non-hydrogen) atoms. The Labute approximate surface area is 183 Å². The molecule has 9 heteroatoms. The van der Waals surface area contributed by atoms with E-state index in [9.17, 15) is 13.9 Å². The first kappa shape index (κ1) is 26.6. The molecule has 0 aromatic heterocycles. The molecular formula is C19H32F2IN3O3. The maximum Gasteiger partial charge on any atom is 0.387 e. The number of nitrogens with one attached hydrogen (secondary N) is 2. The predicted octanol–water partition coefficient (Wildman–Crippen LogP) is 3.77. The fourth-order valence-electron chi connectivity index (χ4n) is 2.57. The zero-order chi connectivity index (χ0) is 20.3. The second-order valence-electron chi connectivity index (χ2n) is 6.27. The molecule has 0 atom stereocenters. The third-order valence-electron chi connectivity index (χ3n) is 4.70. The van der Waals surface area contributed by atoms with Gasteiger partial charge in [-0.05, 0) is 38.0 Å². The summed E-state index contributed by atoms with van der Waals surface area (Å²) >= 11 is 0.